The summed E-state index contributed by atoms with van der Waals surface area (Å²) in [5.74, 6) is 0.433. The lowest BCUT2D eigenvalue weighted by molar-refractivity contribution is 0.376. The second kappa shape index (κ2) is 7.58. The van der Waals surface area contributed by atoms with Gasteiger partial charge in [0, 0.05) is 11.3 Å². The molecule has 0 aliphatic carbocycles. The molecule has 0 radical (unpaired) electrons. The molecule has 0 atom stereocenters. The highest BCUT2D eigenvalue weighted by Gasteiger charge is 2.09. The first-order valence-corrected chi connectivity index (χ1v) is 8.19. The van der Waals surface area contributed by atoms with Gasteiger partial charge >= 0.3 is 0 Å². The smallest absolute Gasteiger partial charge is 0.246 e. The Hall–Kier alpha value is -2.51. The van der Waals surface area contributed by atoms with E-state index in [-0.39, 0.29) is 11.6 Å². The topological polar surface area (TPSA) is 63.0 Å². The van der Waals surface area contributed by atoms with Gasteiger partial charge in [0.15, 0.2) is 5.11 Å². The zero-order chi connectivity index (χ0) is 17.8. The number of hydrogen-bond acceptors (Lipinski definition) is 4. The molecule has 2 N–H and O–H groups in total. The molecule has 0 fully saturated rings. The zero-order valence-corrected chi connectivity index (χ0v) is 14.8. The molecule has 0 spiro atoms. The van der Waals surface area contributed by atoms with Crippen LogP contribution in [0.5, 0.6) is 0 Å². The van der Waals surface area contributed by atoms with E-state index in [4.69, 9.17) is 28.3 Å². The Morgan fingerprint density at radius 2 is 2.12 bits per heavy atom. The Labute approximate surface area is 154 Å². The fourth-order valence-corrected chi connectivity index (χ4v) is 2.50. The van der Waals surface area contributed by atoms with Crippen molar-refractivity contribution in [3.8, 4) is 11.4 Å². The molecule has 1 heterocycles. The lowest BCUT2D eigenvalue weighted by Crippen LogP contribution is -2.28. The van der Waals surface area contributed by atoms with Crippen LogP contribution in [0.2, 0.25) is 5.02 Å². The summed E-state index contributed by atoms with van der Waals surface area (Å²) in [5, 5.41) is 10.2. The number of halogens is 2. The normalized spacial score (nSPS) is 10.5. The average molecular weight is 377 g/mol. The Kier molecular flexibility index (Phi) is 5.25. The molecule has 0 aliphatic rings. The summed E-state index contributed by atoms with van der Waals surface area (Å²) < 4.78 is 18.3. The maximum absolute atomic E-state index is 13.1. The molecular formula is C17H14ClFN4OS. The Morgan fingerprint density at radius 1 is 1.28 bits per heavy atom. The van der Waals surface area contributed by atoms with Gasteiger partial charge in [-0.05, 0) is 43.4 Å². The van der Waals surface area contributed by atoms with Crippen molar-refractivity contribution in [2.45, 2.75) is 13.5 Å². The van der Waals surface area contributed by atoms with Gasteiger partial charge in [-0.2, -0.15) is 4.98 Å². The van der Waals surface area contributed by atoms with Crippen LogP contribution in [0.1, 0.15) is 11.5 Å². The van der Waals surface area contributed by atoms with E-state index in [9.17, 15) is 4.39 Å². The number of nitrogens with zero attached hydrogens (tertiary/aromatic N) is 2. The summed E-state index contributed by atoms with van der Waals surface area (Å²) in [6, 6.07) is 12.1. The monoisotopic (exact) mass is 376 g/mol. The molecule has 0 amide bonds. The van der Waals surface area contributed by atoms with Gasteiger partial charge in [-0.25, -0.2) is 4.39 Å². The summed E-state index contributed by atoms with van der Waals surface area (Å²) >= 11 is 10.9. The number of aryl methyl sites for hydroxylation is 1. The van der Waals surface area contributed by atoms with Gasteiger partial charge in [-0.15, -0.1) is 0 Å². The zero-order valence-electron chi connectivity index (χ0n) is 13.2. The van der Waals surface area contributed by atoms with E-state index in [0.717, 1.165) is 11.1 Å². The molecular weight excluding hydrogens is 363 g/mol. The van der Waals surface area contributed by atoms with Crippen molar-refractivity contribution in [1.82, 2.24) is 15.5 Å². The molecule has 0 aliphatic heterocycles. The molecule has 0 bridgehead atoms. The number of anilines is 1. The summed E-state index contributed by atoms with van der Waals surface area (Å²) in [6.07, 6.45) is 0. The highest BCUT2D eigenvalue weighted by Crippen LogP contribution is 2.19. The standard InChI is InChI=1S/C17H14ClFN4OS/c1-10-3-2-4-11(7-10)16-22-15(24-23-16)9-20-17(25)21-12-5-6-14(19)13(18)8-12/h2-8H,9H2,1H3,(H2,20,21,25). The summed E-state index contributed by atoms with van der Waals surface area (Å²) in [7, 11) is 0. The third kappa shape index (κ3) is 4.52. The molecule has 1 aromatic heterocycles. The van der Waals surface area contributed by atoms with Crippen LogP contribution in [0.25, 0.3) is 11.4 Å². The van der Waals surface area contributed by atoms with Crippen molar-refractivity contribution in [3.63, 3.8) is 0 Å². The predicted octanol–water partition coefficient (Wildman–Crippen LogP) is 4.32. The molecule has 3 rings (SSSR count). The van der Waals surface area contributed by atoms with Gasteiger partial charge in [-0.1, -0.05) is 40.5 Å². The number of benzene rings is 2. The van der Waals surface area contributed by atoms with Crippen molar-refractivity contribution in [2.75, 3.05) is 5.32 Å². The summed E-state index contributed by atoms with van der Waals surface area (Å²) in [5.41, 5.74) is 2.58. The minimum absolute atomic E-state index is 0.0208. The van der Waals surface area contributed by atoms with E-state index in [2.05, 4.69) is 20.8 Å². The number of thiocarbonyl (C=S) groups is 1. The predicted molar refractivity (Wildman–Crippen MR) is 98.9 cm³/mol. The van der Waals surface area contributed by atoms with E-state index in [1.165, 1.54) is 18.2 Å². The molecule has 2 aromatic carbocycles. The molecule has 128 valence electrons. The van der Waals surface area contributed by atoms with Crippen LogP contribution in [0.4, 0.5) is 10.1 Å². The lowest BCUT2D eigenvalue weighted by atomic mass is 10.1. The van der Waals surface area contributed by atoms with Gasteiger partial charge < -0.3 is 15.2 Å². The van der Waals surface area contributed by atoms with Crippen LogP contribution in [-0.4, -0.2) is 15.3 Å². The molecule has 0 saturated carbocycles. The van der Waals surface area contributed by atoms with E-state index in [1.807, 2.05) is 31.2 Å². The Morgan fingerprint density at radius 3 is 2.88 bits per heavy atom. The van der Waals surface area contributed by atoms with Crippen LogP contribution < -0.4 is 10.6 Å². The third-order valence-corrected chi connectivity index (χ3v) is 3.86. The largest absolute Gasteiger partial charge is 0.353 e. The van der Waals surface area contributed by atoms with E-state index in [1.54, 1.807) is 0 Å². The van der Waals surface area contributed by atoms with E-state index >= 15 is 0 Å². The van der Waals surface area contributed by atoms with Crippen molar-refractivity contribution >= 4 is 34.6 Å². The average Bonchev–Trinajstić information content (AvgIpc) is 3.05. The minimum atomic E-state index is -0.486. The minimum Gasteiger partial charge on any atom is -0.353 e. The molecule has 0 saturated heterocycles. The maximum atomic E-state index is 13.1. The van der Waals surface area contributed by atoms with Crippen molar-refractivity contribution in [3.05, 3.63) is 64.8 Å². The fraction of sp³-hybridized carbons (Fsp3) is 0.118. The van der Waals surface area contributed by atoms with Crippen LogP contribution in [0.3, 0.4) is 0 Å². The Balaban J connectivity index is 1.58. The number of rotatable bonds is 4. The van der Waals surface area contributed by atoms with Gasteiger partial charge in [0.2, 0.25) is 11.7 Å². The second-order valence-electron chi connectivity index (χ2n) is 5.32. The van der Waals surface area contributed by atoms with Crippen LogP contribution in [0.15, 0.2) is 47.0 Å². The third-order valence-electron chi connectivity index (χ3n) is 3.32. The molecule has 0 unspecified atom stereocenters. The van der Waals surface area contributed by atoms with Gasteiger partial charge in [0.1, 0.15) is 5.82 Å². The number of nitrogens with one attached hydrogen (secondary N) is 2. The Bertz CT molecular complexity index is 915. The molecule has 8 heteroatoms. The maximum Gasteiger partial charge on any atom is 0.246 e. The van der Waals surface area contributed by atoms with Gasteiger partial charge in [0.25, 0.3) is 0 Å². The number of aromatic nitrogens is 2. The van der Waals surface area contributed by atoms with E-state index in [0.29, 0.717) is 22.5 Å². The second-order valence-corrected chi connectivity index (χ2v) is 6.13. The van der Waals surface area contributed by atoms with Crippen LogP contribution in [0, 0.1) is 12.7 Å². The molecule has 25 heavy (non-hydrogen) atoms. The van der Waals surface area contributed by atoms with Crippen molar-refractivity contribution in [1.29, 1.82) is 0 Å². The van der Waals surface area contributed by atoms with E-state index < -0.39 is 5.82 Å². The summed E-state index contributed by atoms with van der Waals surface area (Å²) in [4.78, 5) is 4.33. The van der Waals surface area contributed by atoms with Crippen molar-refractivity contribution < 1.29 is 8.91 Å². The first kappa shape index (κ1) is 17.3. The molecule has 3 aromatic rings. The number of hydrogen-bond donors (Lipinski definition) is 2. The van der Waals surface area contributed by atoms with Gasteiger partial charge in [-0.3, -0.25) is 0 Å². The highest BCUT2D eigenvalue weighted by molar-refractivity contribution is 7.80. The fourth-order valence-electron chi connectivity index (χ4n) is 2.13. The van der Waals surface area contributed by atoms with Gasteiger partial charge in [0.05, 0.1) is 11.6 Å². The molecule has 5 nitrogen and oxygen atoms in total. The summed E-state index contributed by atoms with van der Waals surface area (Å²) in [6.45, 7) is 2.26. The first-order chi connectivity index (χ1) is 12.0. The quantitative estimate of drug-likeness (QED) is 0.661. The van der Waals surface area contributed by atoms with Crippen LogP contribution >= 0.6 is 23.8 Å². The SMILES string of the molecule is Cc1cccc(-c2noc(CNC(=S)Nc3ccc(F)c(Cl)c3)n2)c1. The van der Waals surface area contributed by atoms with Crippen molar-refractivity contribution in [2.24, 2.45) is 0 Å². The lowest BCUT2D eigenvalue weighted by Gasteiger charge is -2.09. The first-order valence-electron chi connectivity index (χ1n) is 7.41. The highest BCUT2D eigenvalue weighted by atomic mass is 35.5. The van der Waals surface area contributed by atoms with Crippen LogP contribution in [-0.2, 0) is 6.54 Å².